The van der Waals surface area contributed by atoms with Gasteiger partial charge < -0.3 is 5.32 Å². The summed E-state index contributed by atoms with van der Waals surface area (Å²) in [5, 5.41) is 7.57. The molecule has 1 atom stereocenters. The summed E-state index contributed by atoms with van der Waals surface area (Å²) in [6.45, 7) is 4.31. The molecular weight excluding hydrogens is 248 g/mol. The first-order valence-corrected chi connectivity index (χ1v) is 6.92. The molecule has 0 fully saturated rings. The molecule has 1 N–H and O–H groups in total. The first-order chi connectivity index (χ1) is 9.76. The van der Waals surface area contributed by atoms with E-state index in [1.54, 1.807) is 10.7 Å². The third kappa shape index (κ3) is 2.50. The molecule has 4 heteroatoms. The Morgan fingerprint density at radius 1 is 1.15 bits per heavy atom. The number of fused-ring (bicyclic) bond motifs is 1. The molecule has 3 aromatic rings. The van der Waals surface area contributed by atoms with Crippen LogP contribution in [0.1, 0.15) is 31.0 Å². The van der Waals surface area contributed by atoms with Crippen LogP contribution in [-0.2, 0) is 6.42 Å². The molecular formula is C16H18N4. The van der Waals surface area contributed by atoms with Crippen LogP contribution < -0.4 is 5.32 Å². The first-order valence-electron chi connectivity index (χ1n) is 6.92. The van der Waals surface area contributed by atoms with Gasteiger partial charge in [-0.2, -0.15) is 5.10 Å². The second-order valence-electron chi connectivity index (χ2n) is 4.91. The highest BCUT2D eigenvalue weighted by atomic mass is 15.2. The zero-order valence-electron chi connectivity index (χ0n) is 11.7. The van der Waals surface area contributed by atoms with Gasteiger partial charge in [0.2, 0.25) is 0 Å². The fraction of sp³-hybridized carbons (Fsp3) is 0.250. The Bertz CT molecular complexity index is 700. The van der Waals surface area contributed by atoms with Gasteiger partial charge in [-0.25, -0.2) is 9.50 Å². The monoisotopic (exact) mass is 266 g/mol. The maximum atomic E-state index is 4.52. The Kier molecular flexibility index (Phi) is 3.37. The lowest BCUT2D eigenvalue weighted by atomic mass is 10.1. The molecule has 0 saturated heterocycles. The van der Waals surface area contributed by atoms with Gasteiger partial charge >= 0.3 is 0 Å². The SMILES string of the molecule is CCc1ccc(C(C)Nc2ccn3nccc3n2)cc1. The van der Waals surface area contributed by atoms with E-state index in [-0.39, 0.29) is 6.04 Å². The quantitative estimate of drug-likeness (QED) is 0.786. The van der Waals surface area contributed by atoms with Gasteiger partial charge in [0, 0.05) is 18.3 Å². The van der Waals surface area contributed by atoms with E-state index in [1.165, 1.54) is 11.1 Å². The number of hydrogen-bond donors (Lipinski definition) is 1. The van der Waals surface area contributed by atoms with Gasteiger partial charge in [-0.3, -0.25) is 0 Å². The van der Waals surface area contributed by atoms with Crippen LogP contribution >= 0.6 is 0 Å². The molecule has 1 aromatic carbocycles. The van der Waals surface area contributed by atoms with E-state index in [9.17, 15) is 0 Å². The van der Waals surface area contributed by atoms with Crippen molar-refractivity contribution < 1.29 is 0 Å². The maximum Gasteiger partial charge on any atom is 0.157 e. The predicted molar refractivity (Wildman–Crippen MR) is 80.8 cm³/mol. The van der Waals surface area contributed by atoms with Gasteiger partial charge in [0.25, 0.3) is 0 Å². The topological polar surface area (TPSA) is 42.2 Å². The number of nitrogens with one attached hydrogen (secondary N) is 1. The summed E-state index contributed by atoms with van der Waals surface area (Å²) in [6.07, 6.45) is 4.73. The third-order valence-electron chi connectivity index (χ3n) is 3.51. The molecule has 0 spiro atoms. The number of hydrogen-bond acceptors (Lipinski definition) is 3. The minimum absolute atomic E-state index is 0.221. The Labute approximate surface area is 118 Å². The minimum Gasteiger partial charge on any atom is -0.363 e. The third-order valence-corrected chi connectivity index (χ3v) is 3.51. The van der Waals surface area contributed by atoms with Crippen LogP contribution in [0.2, 0.25) is 0 Å². The van der Waals surface area contributed by atoms with E-state index in [2.05, 4.69) is 53.5 Å². The number of aromatic nitrogens is 3. The van der Waals surface area contributed by atoms with Crippen LogP contribution in [0.25, 0.3) is 5.65 Å². The van der Waals surface area contributed by atoms with Gasteiger partial charge in [-0.1, -0.05) is 31.2 Å². The molecule has 3 rings (SSSR count). The molecule has 20 heavy (non-hydrogen) atoms. The highest BCUT2D eigenvalue weighted by Gasteiger charge is 2.06. The minimum atomic E-state index is 0.221. The fourth-order valence-electron chi connectivity index (χ4n) is 2.24. The molecule has 2 heterocycles. The average Bonchev–Trinajstić information content (AvgIpc) is 2.95. The second kappa shape index (κ2) is 5.33. The van der Waals surface area contributed by atoms with Gasteiger partial charge in [0.15, 0.2) is 5.65 Å². The summed E-state index contributed by atoms with van der Waals surface area (Å²) in [4.78, 5) is 4.52. The molecule has 0 aliphatic carbocycles. The average molecular weight is 266 g/mol. The van der Waals surface area contributed by atoms with Crippen LogP contribution in [0.4, 0.5) is 5.82 Å². The molecule has 0 radical (unpaired) electrons. The van der Waals surface area contributed by atoms with Crippen molar-refractivity contribution in [2.45, 2.75) is 26.3 Å². The number of anilines is 1. The lowest BCUT2D eigenvalue weighted by Gasteiger charge is -2.15. The first kappa shape index (κ1) is 12.7. The zero-order valence-corrected chi connectivity index (χ0v) is 11.7. The van der Waals surface area contributed by atoms with Crippen molar-refractivity contribution in [3.8, 4) is 0 Å². The molecule has 0 bridgehead atoms. The van der Waals surface area contributed by atoms with Gasteiger partial charge in [0.1, 0.15) is 5.82 Å². The summed E-state index contributed by atoms with van der Waals surface area (Å²) in [5.41, 5.74) is 3.47. The van der Waals surface area contributed by atoms with Crippen molar-refractivity contribution >= 4 is 11.5 Å². The summed E-state index contributed by atoms with van der Waals surface area (Å²) in [6, 6.07) is 12.8. The van der Waals surface area contributed by atoms with E-state index in [0.717, 1.165) is 17.9 Å². The predicted octanol–water partition coefficient (Wildman–Crippen LogP) is 3.46. The van der Waals surface area contributed by atoms with Crippen molar-refractivity contribution in [1.29, 1.82) is 0 Å². The summed E-state index contributed by atoms with van der Waals surface area (Å²) >= 11 is 0. The number of rotatable bonds is 4. The molecule has 102 valence electrons. The Morgan fingerprint density at radius 3 is 2.70 bits per heavy atom. The summed E-state index contributed by atoms with van der Waals surface area (Å²) in [5.74, 6) is 0.866. The lowest BCUT2D eigenvalue weighted by Crippen LogP contribution is -2.08. The van der Waals surface area contributed by atoms with Crippen molar-refractivity contribution in [3.05, 3.63) is 59.9 Å². The Morgan fingerprint density at radius 2 is 1.95 bits per heavy atom. The van der Waals surface area contributed by atoms with Crippen molar-refractivity contribution in [1.82, 2.24) is 14.6 Å². The highest BCUT2D eigenvalue weighted by molar-refractivity contribution is 5.46. The Balaban J connectivity index is 1.78. The molecule has 0 aliphatic heterocycles. The van der Waals surface area contributed by atoms with E-state index in [1.807, 2.05) is 18.3 Å². The molecule has 2 aromatic heterocycles. The number of nitrogens with zero attached hydrogens (tertiary/aromatic N) is 3. The molecule has 4 nitrogen and oxygen atoms in total. The molecule has 0 saturated carbocycles. The number of aryl methyl sites for hydroxylation is 1. The van der Waals surface area contributed by atoms with Crippen molar-refractivity contribution in [2.75, 3.05) is 5.32 Å². The van der Waals surface area contributed by atoms with E-state index >= 15 is 0 Å². The van der Waals surface area contributed by atoms with Gasteiger partial charge in [-0.15, -0.1) is 0 Å². The largest absolute Gasteiger partial charge is 0.363 e. The van der Waals surface area contributed by atoms with Crippen molar-refractivity contribution in [2.24, 2.45) is 0 Å². The lowest BCUT2D eigenvalue weighted by molar-refractivity contribution is 0.865. The normalized spacial score (nSPS) is 12.5. The van der Waals surface area contributed by atoms with E-state index in [0.29, 0.717) is 0 Å². The standard InChI is InChI=1S/C16H18N4/c1-3-13-4-6-14(7-5-13)12(2)18-15-9-11-20-16(19-15)8-10-17-20/h4-12H,3H2,1-2H3,(H,18,19). The highest BCUT2D eigenvalue weighted by Crippen LogP contribution is 2.18. The zero-order chi connectivity index (χ0) is 13.9. The van der Waals surface area contributed by atoms with Gasteiger partial charge in [0.05, 0.1) is 6.20 Å². The summed E-state index contributed by atoms with van der Waals surface area (Å²) in [7, 11) is 0. The van der Waals surface area contributed by atoms with Crippen molar-refractivity contribution in [3.63, 3.8) is 0 Å². The second-order valence-corrected chi connectivity index (χ2v) is 4.91. The molecule has 1 unspecified atom stereocenters. The number of benzene rings is 1. The summed E-state index contributed by atoms with van der Waals surface area (Å²) < 4.78 is 1.76. The molecule has 0 amide bonds. The van der Waals surface area contributed by atoms with E-state index < -0.39 is 0 Å². The van der Waals surface area contributed by atoms with Crippen LogP contribution in [0, 0.1) is 0 Å². The van der Waals surface area contributed by atoms with Crippen LogP contribution in [0.15, 0.2) is 48.8 Å². The smallest absolute Gasteiger partial charge is 0.157 e. The Hall–Kier alpha value is -2.36. The van der Waals surface area contributed by atoms with E-state index in [4.69, 9.17) is 0 Å². The fourth-order valence-corrected chi connectivity index (χ4v) is 2.24. The van der Waals surface area contributed by atoms with Gasteiger partial charge in [-0.05, 0) is 30.5 Å². The maximum absolute atomic E-state index is 4.52. The van der Waals surface area contributed by atoms with Crippen LogP contribution in [-0.4, -0.2) is 14.6 Å². The van der Waals surface area contributed by atoms with Crippen LogP contribution in [0.3, 0.4) is 0 Å². The van der Waals surface area contributed by atoms with Crippen LogP contribution in [0.5, 0.6) is 0 Å². The molecule has 0 aliphatic rings.